The van der Waals surface area contributed by atoms with Gasteiger partial charge < -0.3 is 14.2 Å². The molecule has 0 saturated carbocycles. The van der Waals surface area contributed by atoms with Crippen LogP contribution in [0.4, 0.5) is 0 Å². The highest BCUT2D eigenvalue weighted by molar-refractivity contribution is 5.81. The van der Waals surface area contributed by atoms with Crippen LogP contribution in [0.5, 0.6) is 0 Å². The fraction of sp³-hybridized carbons (Fsp3) is 0.800. The van der Waals surface area contributed by atoms with Gasteiger partial charge in [0.15, 0.2) is 6.10 Å². The predicted molar refractivity (Wildman–Crippen MR) is 123 cm³/mol. The molecule has 6 heteroatoms. The SMILES string of the molecule is CCCCCCCCCCCCCCC/C=C/C(=O)OCC(COC(C)=O)OC(C)=O. The summed E-state index contributed by atoms with van der Waals surface area (Å²) in [7, 11) is 0. The number of hydrogen-bond acceptors (Lipinski definition) is 6. The number of carbonyl (C=O) groups excluding carboxylic acids is 3. The first-order chi connectivity index (χ1) is 15.0. The first-order valence-electron chi connectivity index (χ1n) is 12.1. The van der Waals surface area contributed by atoms with Crippen molar-refractivity contribution in [3.63, 3.8) is 0 Å². The zero-order valence-electron chi connectivity index (χ0n) is 20.0. The molecule has 0 fully saturated rings. The molecule has 0 aromatic carbocycles. The number of allylic oxidation sites excluding steroid dienone is 1. The van der Waals surface area contributed by atoms with Gasteiger partial charge in [0, 0.05) is 19.9 Å². The van der Waals surface area contributed by atoms with Crippen molar-refractivity contribution in [3.05, 3.63) is 12.2 Å². The molecular weight excluding hydrogens is 396 g/mol. The van der Waals surface area contributed by atoms with Gasteiger partial charge in [0.25, 0.3) is 0 Å². The normalized spacial score (nSPS) is 12.0. The quantitative estimate of drug-likeness (QED) is 0.0990. The molecule has 0 aliphatic heterocycles. The Morgan fingerprint density at radius 2 is 1.16 bits per heavy atom. The van der Waals surface area contributed by atoms with Crippen molar-refractivity contribution in [1.29, 1.82) is 0 Å². The van der Waals surface area contributed by atoms with Gasteiger partial charge >= 0.3 is 17.9 Å². The third-order valence-electron chi connectivity index (χ3n) is 4.94. The minimum atomic E-state index is -0.792. The number of esters is 3. The van der Waals surface area contributed by atoms with E-state index in [1.54, 1.807) is 0 Å². The molecule has 180 valence electrons. The molecule has 1 unspecified atom stereocenters. The van der Waals surface area contributed by atoms with Crippen molar-refractivity contribution in [2.45, 2.75) is 117 Å². The Bertz CT molecular complexity index is 500. The van der Waals surface area contributed by atoms with E-state index in [1.165, 1.54) is 97.0 Å². The lowest BCUT2D eigenvalue weighted by Gasteiger charge is -2.16. The van der Waals surface area contributed by atoms with Crippen molar-refractivity contribution in [2.24, 2.45) is 0 Å². The summed E-state index contributed by atoms with van der Waals surface area (Å²) in [6, 6.07) is 0. The molecule has 0 aromatic heterocycles. The third-order valence-corrected chi connectivity index (χ3v) is 4.94. The standard InChI is InChI=1S/C25H44O6/c1-4-5-6-7-8-9-10-11-12-13-14-15-16-17-18-19-25(28)30-21-24(31-23(3)27)20-29-22(2)26/h18-19,24H,4-17,20-21H2,1-3H3/b19-18+. The summed E-state index contributed by atoms with van der Waals surface area (Å²) in [4.78, 5) is 33.7. The van der Waals surface area contributed by atoms with Crippen molar-refractivity contribution in [3.8, 4) is 0 Å². The molecule has 0 spiro atoms. The molecule has 0 rings (SSSR count). The van der Waals surface area contributed by atoms with Gasteiger partial charge in [0.1, 0.15) is 13.2 Å². The van der Waals surface area contributed by atoms with Crippen LogP contribution >= 0.6 is 0 Å². The molecule has 0 aliphatic carbocycles. The molecule has 0 aliphatic rings. The molecule has 0 amide bonds. The Morgan fingerprint density at radius 3 is 1.65 bits per heavy atom. The van der Waals surface area contributed by atoms with Crippen LogP contribution in [0.2, 0.25) is 0 Å². The first-order valence-corrected chi connectivity index (χ1v) is 12.1. The summed E-state index contributed by atoms with van der Waals surface area (Å²) in [5.41, 5.74) is 0. The smallest absolute Gasteiger partial charge is 0.330 e. The zero-order chi connectivity index (χ0) is 23.2. The third kappa shape index (κ3) is 22.7. The van der Waals surface area contributed by atoms with Gasteiger partial charge in [0.05, 0.1) is 0 Å². The summed E-state index contributed by atoms with van der Waals surface area (Å²) >= 11 is 0. The molecule has 0 aromatic rings. The average molecular weight is 441 g/mol. The summed E-state index contributed by atoms with van der Waals surface area (Å²) in [5, 5.41) is 0. The first kappa shape index (κ1) is 29.1. The maximum absolute atomic E-state index is 11.7. The monoisotopic (exact) mass is 440 g/mol. The highest BCUT2D eigenvalue weighted by Crippen LogP contribution is 2.13. The number of ether oxygens (including phenoxy) is 3. The molecule has 31 heavy (non-hydrogen) atoms. The highest BCUT2D eigenvalue weighted by Gasteiger charge is 2.16. The van der Waals surface area contributed by atoms with E-state index in [2.05, 4.69) is 6.92 Å². The van der Waals surface area contributed by atoms with Gasteiger partial charge in [-0.15, -0.1) is 0 Å². The molecule has 0 N–H and O–H groups in total. The van der Waals surface area contributed by atoms with Gasteiger partial charge in [-0.1, -0.05) is 90.0 Å². The van der Waals surface area contributed by atoms with E-state index >= 15 is 0 Å². The lowest BCUT2D eigenvalue weighted by molar-refractivity contribution is -0.163. The van der Waals surface area contributed by atoms with Gasteiger partial charge in [-0.05, 0) is 12.8 Å². The molecular formula is C25H44O6. The van der Waals surface area contributed by atoms with E-state index in [0.717, 1.165) is 12.8 Å². The van der Waals surface area contributed by atoms with Crippen LogP contribution in [0, 0.1) is 0 Å². The summed E-state index contributed by atoms with van der Waals surface area (Å²) < 4.78 is 14.8. The van der Waals surface area contributed by atoms with Crippen LogP contribution in [0.15, 0.2) is 12.2 Å². The van der Waals surface area contributed by atoms with Crippen molar-refractivity contribution in [1.82, 2.24) is 0 Å². The van der Waals surface area contributed by atoms with Crippen molar-refractivity contribution < 1.29 is 28.6 Å². The Labute approximate surface area is 189 Å². The molecule has 0 bridgehead atoms. The van der Waals surface area contributed by atoms with E-state index in [1.807, 2.05) is 6.08 Å². The second kappa shape index (κ2) is 21.4. The van der Waals surface area contributed by atoms with Gasteiger partial charge in [-0.25, -0.2) is 4.79 Å². The lowest BCUT2D eigenvalue weighted by atomic mass is 10.0. The van der Waals surface area contributed by atoms with Gasteiger partial charge in [-0.3, -0.25) is 9.59 Å². The van der Waals surface area contributed by atoms with Crippen LogP contribution in [0.25, 0.3) is 0 Å². The molecule has 1 atom stereocenters. The molecule has 0 heterocycles. The number of carbonyl (C=O) groups is 3. The largest absolute Gasteiger partial charge is 0.462 e. The fourth-order valence-electron chi connectivity index (χ4n) is 3.24. The fourth-order valence-corrected chi connectivity index (χ4v) is 3.24. The number of rotatable bonds is 20. The van der Waals surface area contributed by atoms with Crippen LogP contribution < -0.4 is 0 Å². The van der Waals surface area contributed by atoms with Crippen LogP contribution in [-0.2, 0) is 28.6 Å². The minimum Gasteiger partial charge on any atom is -0.462 e. The molecule has 0 saturated heterocycles. The topological polar surface area (TPSA) is 78.9 Å². The summed E-state index contributed by atoms with van der Waals surface area (Å²) in [5.74, 6) is -1.50. The van der Waals surface area contributed by atoms with Crippen LogP contribution in [0.1, 0.15) is 111 Å². The van der Waals surface area contributed by atoms with Gasteiger partial charge in [-0.2, -0.15) is 0 Å². The Hall–Kier alpha value is -1.85. The Morgan fingerprint density at radius 1 is 0.677 bits per heavy atom. The molecule has 0 radical (unpaired) electrons. The summed E-state index contributed by atoms with van der Waals surface area (Å²) in [6.45, 7) is 4.49. The minimum absolute atomic E-state index is 0.134. The maximum atomic E-state index is 11.7. The van der Waals surface area contributed by atoms with E-state index < -0.39 is 24.0 Å². The molecule has 6 nitrogen and oxygen atoms in total. The predicted octanol–water partition coefficient (Wildman–Crippen LogP) is 6.06. The summed E-state index contributed by atoms with van der Waals surface area (Å²) in [6.07, 6.45) is 20.4. The van der Waals surface area contributed by atoms with Crippen molar-refractivity contribution >= 4 is 17.9 Å². The second-order valence-corrected chi connectivity index (χ2v) is 8.10. The second-order valence-electron chi connectivity index (χ2n) is 8.10. The zero-order valence-corrected chi connectivity index (χ0v) is 20.0. The van der Waals surface area contributed by atoms with Gasteiger partial charge in [0.2, 0.25) is 0 Å². The van der Waals surface area contributed by atoms with Crippen LogP contribution in [-0.4, -0.2) is 37.2 Å². The maximum Gasteiger partial charge on any atom is 0.330 e. The van der Waals surface area contributed by atoms with Crippen molar-refractivity contribution in [2.75, 3.05) is 13.2 Å². The number of hydrogen-bond donors (Lipinski definition) is 0. The van der Waals surface area contributed by atoms with Crippen LogP contribution in [0.3, 0.4) is 0 Å². The van der Waals surface area contributed by atoms with E-state index in [4.69, 9.17) is 14.2 Å². The Balaban J connectivity index is 3.61. The highest BCUT2D eigenvalue weighted by atomic mass is 16.6. The Kier molecular flexibility index (Phi) is 20.1. The van der Waals surface area contributed by atoms with E-state index in [9.17, 15) is 14.4 Å². The lowest BCUT2D eigenvalue weighted by Crippen LogP contribution is -2.29. The number of unbranched alkanes of at least 4 members (excludes halogenated alkanes) is 13. The average Bonchev–Trinajstić information content (AvgIpc) is 2.72. The van der Waals surface area contributed by atoms with E-state index in [0.29, 0.717) is 0 Å². The van der Waals surface area contributed by atoms with E-state index in [-0.39, 0.29) is 13.2 Å².